The van der Waals surface area contributed by atoms with E-state index in [1.54, 1.807) is 50.4 Å². The quantitative estimate of drug-likeness (QED) is 0.833. The largest absolute Gasteiger partial charge is 0.497 e. The lowest BCUT2D eigenvalue weighted by molar-refractivity contribution is -0.122. The van der Waals surface area contributed by atoms with Gasteiger partial charge in [0, 0.05) is 11.4 Å². The number of rotatable bonds is 5. The van der Waals surface area contributed by atoms with E-state index in [9.17, 15) is 4.79 Å². The Balaban J connectivity index is 2.01. The molecule has 0 bridgehead atoms. The lowest BCUT2D eigenvalue weighted by atomic mass is 10.1. The number of hydrogen-bond acceptors (Lipinski definition) is 4. The summed E-state index contributed by atoms with van der Waals surface area (Å²) in [5.74, 6) is 1.11. The molecule has 0 radical (unpaired) electrons. The van der Waals surface area contributed by atoms with Crippen molar-refractivity contribution in [3.05, 3.63) is 48.0 Å². The predicted octanol–water partition coefficient (Wildman–Crippen LogP) is 2.99. The molecule has 5 heteroatoms. The molecule has 2 rings (SSSR count). The minimum atomic E-state index is -0.630. The minimum absolute atomic E-state index is 0.232. The van der Waals surface area contributed by atoms with Gasteiger partial charge < -0.3 is 20.5 Å². The van der Waals surface area contributed by atoms with Crippen LogP contribution in [0.2, 0.25) is 0 Å². The summed E-state index contributed by atoms with van der Waals surface area (Å²) < 4.78 is 10.7. The first-order valence-electron chi connectivity index (χ1n) is 6.98. The van der Waals surface area contributed by atoms with Crippen LogP contribution in [0.15, 0.2) is 42.5 Å². The number of hydrogen-bond donors (Lipinski definition) is 2. The van der Waals surface area contributed by atoms with Crippen molar-refractivity contribution in [1.29, 1.82) is 0 Å². The van der Waals surface area contributed by atoms with Gasteiger partial charge in [0.2, 0.25) is 0 Å². The molecule has 116 valence electrons. The first-order valence-corrected chi connectivity index (χ1v) is 6.98. The third-order valence-electron chi connectivity index (χ3n) is 3.38. The van der Waals surface area contributed by atoms with Crippen LogP contribution in [0.1, 0.15) is 12.5 Å². The van der Waals surface area contributed by atoms with Gasteiger partial charge in [-0.3, -0.25) is 4.79 Å². The molecule has 0 spiro atoms. The fourth-order valence-corrected chi connectivity index (χ4v) is 1.94. The number of carbonyl (C=O) groups is 1. The number of amides is 1. The Bertz CT molecular complexity index is 653. The molecule has 0 heterocycles. The molecule has 1 atom stereocenters. The Morgan fingerprint density at radius 3 is 2.41 bits per heavy atom. The SMILES string of the molecule is COc1ccc(O[C@H](C)C(=O)Nc2cccc(N)c2C)cc1. The first-order chi connectivity index (χ1) is 10.5. The highest BCUT2D eigenvalue weighted by atomic mass is 16.5. The molecule has 0 saturated heterocycles. The summed E-state index contributed by atoms with van der Waals surface area (Å²) >= 11 is 0. The van der Waals surface area contributed by atoms with Crippen LogP contribution < -0.4 is 20.5 Å². The van der Waals surface area contributed by atoms with E-state index in [2.05, 4.69) is 5.32 Å². The molecular weight excluding hydrogens is 280 g/mol. The third kappa shape index (κ3) is 3.69. The van der Waals surface area contributed by atoms with E-state index in [0.29, 0.717) is 17.1 Å². The number of anilines is 2. The summed E-state index contributed by atoms with van der Waals surface area (Å²) in [6.07, 6.45) is -0.630. The summed E-state index contributed by atoms with van der Waals surface area (Å²) in [5, 5.41) is 2.82. The third-order valence-corrected chi connectivity index (χ3v) is 3.38. The molecule has 22 heavy (non-hydrogen) atoms. The first kappa shape index (κ1) is 15.7. The van der Waals surface area contributed by atoms with Crippen LogP contribution in [0.5, 0.6) is 11.5 Å². The standard InChI is InChI=1S/C17H20N2O3/c1-11-15(18)5-4-6-16(11)19-17(20)12(2)22-14-9-7-13(21-3)8-10-14/h4-10,12H,18H2,1-3H3,(H,19,20)/t12-/m1/s1. The second-order valence-electron chi connectivity index (χ2n) is 4.94. The molecule has 2 aromatic rings. The van der Waals surface area contributed by atoms with Crippen LogP contribution in [0.25, 0.3) is 0 Å². The molecule has 0 unspecified atom stereocenters. The van der Waals surface area contributed by atoms with E-state index in [0.717, 1.165) is 11.3 Å². The van der Waals surface area contributed by atoms with Crippen molar-refractivity contribution in [3.63, 3.8) is 0 Å². The van der Waals surface area contributed by atoms with Crippen LogP contribution in [-0.4, -0.2) is 19.1 Å². The molecule has 1 amide bonds. The zero-order valence-corrected chi connectivity index (χ0v) is 12.9. The smallest absolute Gasteiger partial charge is 0.265 e. The maximum Gasteiger partial charge on any atom is 0.265 e. The lowest BCUT2D eigenvalue weighted by Gasteiger charge is -2.16. The van der Waals surface area contributed by atoms with Gasteiger partial charge in [-0.25, -0.2) is 0 Å². The van der Waals surface area contributed by atoms with Crippen LogP contribution >= 0.6 is 0 Å². The number of nitrogens with one attached hydrogen (secondary N) is 1. The van der Waals surface area contributed by atoms with Crippen molar-refractivity contribution in [2.45, 2.75) is 20.0 Å². The topological polar surface area (TPSA) is 73.6 Å². The second kappa shape index (κ2) is 6.85. The molecule has 5 nitrogen and oxygen atoms in total. The molecule has 2 aromatic carbocycles. The van der Waals surface area contributed by atoms with Crippen LogP contribution in [0.4, 0.5) is 11.4 Å². The Morgan fingerprint density at radius 1 is 1.14 bits per heavy atom. The van der Waals surface area contributed by atoms with Gasteiger partial charge in [-0.1, -0.05) is 6.07 Å². The molecule has 0 aromatic heterocycles. The van der Waals surface area contributed by atoms with Crippen molar-refractivity contribution in [3.8, 4) is 11.5 Å². The summed E-state index contributed by atoms with van der Waals surface area (Å²) in [5.41, 5.74) is 8.00. The zero-order valence-electron chi connectivity index (χ0n) is 12.9. The number of carbonyl (C=O) groups excluding carboxylic acids is 1. The van der Waals surface area contributed by atoms with Crippen molar-refractivity contribution < 1.29 is 14.3 Å². The highest BCUT2D eigenvalue weighted by Gasteiger charge is 2.16. The van der Waals surface area contributed by atoms with Gasteiger partial charge in [0.05, 0.1) is 7.11 Å². The second-order valence-corrected chi connectivity index (χ2v) is 4.94. The molecule has 0 aliphatic heterocycles. The normalized spacial score (nSPS) is 11.6. The highest BCUT2D eigenvalue weighted by Crippen LogP contribution is 2.22. The fraction of sp³-hybridized carbons (Fsp3) is 0.235. The van der Waals surface area contributed by atoms with Crippen LogP contribution in [0, 0.1) is 6.92 Å². The van der Waals surface area contributed by atoms with E-state index >= 15 is 0 Å². The zero-order chi connectivity index (χ0) is 16.1. The van der Waals surface area contributed by atoms with Gasteiger partial charge in [0.15, 0.2) is 6.10 Å². The maximum absolute atomic E-state index is 12.2. The average molecular weight is 300 g/mol. The monoisotopic (exact) mass is 300 g/mol. The summed E-state index contributed by atoms with van der Waals surface area (Å²) in [6.45, 7) is 3.56. The molecule has 0 aliphatic carbocycles. The Labute approximate surface area is 130 Å². The maximum atomic E-state index is 12.2. The van der Waals surface area contributed by atoms with E-state index in [-0.39, 0.29) is 5.91 Å². The van der Waals surface area contributed by atoms with Crippen molar-refractivity contribution >= 4 is 17.3 Å². The molecule has 3 N–H and O–H groups in total. The van der Waals surface area contributed by atoms with Crippen LogP contribution in [-0.2, 0) is 4.79 Å². The minimum Gasteiger partial charge on any atom is -0.497 e. The van der Waals surface area contributed by atoms with Crippen molar-refractivity contribution in [1.82, 2.24) is 0 Å². The lowest BCUT2D eigenvalue weighted by Crippen LogP contribution is -2.30. The van der Waals surface area contributed by atoms with E-state index in [1.807, 2.05) is 13.0 Å². The molecular formula is C17H20N2O3. The molecule has 0 aliphatic rings. The molecule has 0 saturated carbocycles. The Kier molecular flexibility index (Phi) is 4.88. The summed E-state index contributed by atoms with van der Waals surface area (Å²) in [7, 11) is 1.60. The van der Waals surface area contributed by atoms with Crippen molar-refractivity contribution in [2.24, 2.45) is 0 Å². The van der Waals surface area contributed by atoms with Gasteiger partial charge in [-0.05, 0) is 55.8 Å². The van der Waals surface area contributed by atoms with Crippen LogP contribution in [0.3, 0.4) is 0 Å². The van der Waals surface area contributed by atoms with Gasteiger partial charge in [0.1, 0.15) is 11.5 Å². The van der Waals surface area contributed by atoms with E-state index in [4.69, 9.17) is 15.2 Å². The summed E-state index contributed by atoms with van der Waals surface area (Å²) in [6, 6.07) is 12.5. The number of ether oxygens (including phenoxy) is 2. The van der Waals surface area contributed by atoms with Gasteiger partial charge >= 0.3 is 0 Å². The summed E-state index contributed by atoms with van der Waals surface area (Å²) in [4.78, 5) is 12.2. The molecule has 0 fully saturated rings. The number of nitrogens with two attached hydrogens (primary N) is 1. The highest BCUT2D eigenvalue weighted by molar-refractivity contribution is 5.95. The van der Waals surface area contributed by atoms with Gasteiger partial charge in [-0.15, -0.1) is 0 Å². The number of methoxy groups -OCH3 is 1. The van der Waals surface area contributed by atoms with E-state index < -0.39 is 6.10 Å². The predicted molar refractivity (Wildman–Crippen MR) is 87.3 cm³/mol. The number of nitrogen functional groups attached to an aromatic ring is 1. The van der Waals surface area contributed by atoms with Gasteiger partial charge in [0.25, 0.3) is 5.91 Å². The fourth-order valence-electron chi connectivity index (χ4n) is 1.94. The Morgan fingerprint density at radius 2 is 1.77 bits per heavy atom. The van der Waals surface area contributed by atoms with Gasteiger partial charge in [-0.2, -0.15) is 0 Å². The average Bonchev–Trinajstić information content (AvgIpc) is 2.52. The van der Waals surface area contributed by atoms with Crippen molar-refractivity contribution in [2.75, 3.05) is 18.2 Å². The number of benzene rings is 2. The Hall–Kier alpha value is -2.69. The van der Waals surface area contributed by atoms with E-state index in [1.165, 1.54) is 0 Å².